The van der Waals surface area contributed by atoms with Crippen LogP contribution in [0.5, 0.6) is 5.88 Å². The standard InChI is InChI=1S/C23H21BrN6O5/c1-12-8-13(2-3-15(12)24)30-21(32)14(20(31)28-23(30)34)11-25-18-9-16-17(27-22(33)26-16)10-19(18)29-4-6-35-7-5-29/h2-3,8-11,32H,4-7H2,1H3,(H2,26,27,33)(H,28,31,34). The topological polar surface area (TPSA) is 149 Å². The van der Waals surface area contributed by atoms with E-state index in [4.69, 9.17) is 4.74 Å². The van der Waals surface area contributed by atoms with Crippen molar-refractivity contribution in [3.8, 4) is 11.6 Å². The summed E-state index contributed by atoms with van der Waals surface area (Å²) in [5, 5.41) is 10.9. The van der Waals surface area contributed by atoms with Crippen molar-refractivity contribution in [1.29, 1.82) is 0 Å². The number of aryl methyl sites for hydroxylation is 1. The summed E-state index contributed by atoms with van der Waals surface area (Å²) < 4.78 is 7.29. The van der Waals surface area contributed by atoms with Gasteiger partial charge in [-0.1, -0.05) is 15.9 Å². The number of rotatable bonds is 4. The van der Waals surface area contributed by atoms with Gasteiger partial charge in [0.05, 0.1) is 41.3 Å². The summed E-state index contributed by atoms with van der Waals surface area (Å²) in [6, 6.07) is 8.59. The molecule has 0 bridgehead atoms. The van der Waals surface area contributed by atoms with Crippen LogP contribution in [-0.2, 0) is 4.74 Å². The fraction of sp³-hybridized carbons (Fsp3) is 0.217. The number of nitrogens with one attached hydrogen (secondary N) is 3. The van der Waals surface area contributed by atoms with E-state index in [9.17, 15) is 19.5 Å². The molecule has 180 valence electrons. The maximum Gasteiger partial charge on any atom is 0.335 e. The van der Waals surface area contributed by atoms with Crippen LogP contribution < -0.4 is 21.8 Å². The van der Waals surface area contributed by atoms with E-state index in [1.165, 1.54) is 6.21 Å². The number of halogens is 1. The molecule has 3 heterocycles. The van der Waals surface area contributed by atoms with E-state index in [1.54, 1.807) is 30.3 Å². The maximum atomic E-state index is 12.6. The third-order valence-electron chi connectivity index (χ3n) is 5.82. The first kappa shape index (κ1) is 22.9. The lowest BCUT2D eigenvalue weighted by Gasteiger charge is -2.29. The highest BCUT2D eigenvalue weighted by Crippen LogP contribution is 2.33. The lowest BCUT2D eigenvalue weighted by molar-refractivity contribution is 0.123. The normalized spacial score (nSPS) is 14.3. The van der Waals surface area contributed by atoms with Crippen molar-refractivity contribution in [3.05, 3.63) is 77.3 Å². The Hall–Kier alpha value is -3.90. The first-order chi connectivity index (χ1) is 16.8. The Morgan fingerprint density at radius 1 is 1.06 bits per heavy atom. The molecule has 1 aliphatic rings. The highest BCUT2D eigenvalue weighted by Gasteiger charge is 2.18. The smallest absolute Gasteiger partial charge is 0.335 e. The molecule has 12 heteroatoms. The van der Waals surface area contributed by atoms with Crippen LogP contribution in [0.1, 0.15) is 11.1 Å². The van der Waals surface area contributed by atoms with Crippen LogP contribution in [0.25, 0.3) is 16.7 Å². The van der Waals surface area contributed by atoms with Crippen LogP contribution in [-0.4, -0.2) is 57.1 Å². The van der Waals surface area contributed by atoms with Gasteiger partial charge in [0.1, 0.15) is 5.56 Å². The van der Waals surface area contributed by atoms with Gasteiger partial charge >= 0.3 is 11.4 Å². The molecule has 0 saturated carbocycles. The second kappa shape index (κ2) is 9.04. The van der Waals surface area contributed by atoms with Gasteiger partial charge in [0, 0.05) is 23.8 Å². The Morgan fingerprint density at radius 3 is 2.49 bits per heavy atom. The number of aliphatic imine (C=N–C) groups is 1. The number of aromatic nitrogens is 4. The second-order valence-electron chi connectivity index (χ2n) is 8.09. The molecular weight excluding hydrogens is 520 g/mol. The first-order valence-electron chi connectivity index (χ1n) is 10.8. The molecule has 1 aliphatic heterocycles. The van der Waals surface area contributed by atoms with E-state index in [2.05, 4.69) is 40.8 Å². The summed E-state index contributed by atoms with van der Waals surface area (Å²) in [6.07, 6.45) is 1.21. The predicted molar refractivity (Wildman–Crippen MR) is 136 cm³/mol. The minimum atomic E-state index is -0.773. The van der Waals surface area contributed by atoms with Crippen molar-refractivity contribution in [2.75, 3.05) is 31.2 Å². The molecule has 1 saturated heterocycles. The van der Waals surface area contributed by atoms with Gasteiger partial charge < -0.3 is 24.7 Å². The van der Waals surface area contributed by atoms with Gasteiger partial charge in [0.2, 0.25) is 5.88 Å². The molecular formula is C23H21BrN6O5. The van der Waals surface area contributed by atoms with E-state index >= 15 is 0 Å². The Balaban J connectivity index is 1.63. The molecule has 0 unspecified atom stereocenters. The Labute approximate surface area is 205 Å². The van der Waals surface area contributed by atoms with Crippen LogP contribution in [0.2, 0.25) is 0 Å². The van der Waals surface area contributed by atoms with Gasteiger partial charge in [-0.15, -0.1) is 0 Å². The number of anilines is 1. The molecule has 1 fully saturated rings. The van der Waals surface area contributed by atoms with Gasteiger partial charge in [0.25, 0.3) is 5.56 Å². The van der Waals surface area contributed by atoms with E-state index < -0.39 is 17.1 Å². The molecule has 2 aromatic carbocycles. The molecule has 0 aliphatic carbocycles. The molecule has 11 nitrogen and oxygen atoms in total. The van der Waals surface area contributed by atoms with Gasteiger partial charge in [-0.2, -0.15) is 0 Å². The monoisotopic (exact) mass is 540 g/mol. The van der Waals surface area contributed by atoms with Crippen molar-refractivity contribution >= 4 is 44.6 Å². The zero-order chi connectivity index (χ0) is 24.7. The van der Waals surface area contributed by atoms with Crippen molar-refractivity contribution < 1.29 is 9.84 Å². The number of hydrogen-bond acceptors (Lipinski definition) is 7. The quantitative estimate of drug-likeness (QED) is 0.291. The summed E-state index contributed by atoms with van der Waals surface area (Å²) in [5.41, 5.74) is 1.55. The lowest BCUT2D eigenvalue weighted by atomic mass is 10.2. The number of ether oxygens (including phenoxy) is 1. The molecule has 35 heavy (non-hydrogen) atoms. The molecule has 4 N–H and O–H groups in total. The maximum absolute atomic E-state index is 12.6. The predicted octanol–water partition coefficient (Wildman–Crippen LogP) is 2.06. The molecule has 5 rings (SSSR count). The van der Waals surface area contributed by atoms with E-state index in [1.807, 2.05) is 6.92 Å². The van der Waals surface area contributed by atoms with Crippen LogP contribution in [0.15, 0.2) is 54.2 Å². The number of H-pyrrole nitrogens is 3. The van der Waals surface area contributed by atoms with Crippen LogP contribution in [0.4, 0.5) is 11.4 Å². The molecule has 2 aromatic heterocycles. The average Bonchev–Trinajstić information content (AvgIpc) is 3.20. The highest BCUT2D eigenvalue weighted by molar-refractivity contribution is 9.10. The number of imidazole rings is 1. The number of hydrogen-bond donors (Lipinski definition) is 4. The van der Waals surface area contributed by atoms with Gasteiger partial charge in [-0.05, 0) is 42.8 Å². The number of benzene rings is 2. The Bertz CT molecular complexity index is 1640. The second-order valence-corrected chi connectivity index (χ2v) is 8.94. The zero-order valence-corrected chi connectivity index (χ0v) is 20.2. The summed E-state index contributed by atoms with van der Waals surface area (Å²) in [6.45, 7) is 4.19. The Morgan fingerprint density at radius 2 is 1.77 bits per heavy atom. The van der Waals surface area contributed by atoms with Gasteiger partial charge in [-0.25, -0.2) is 14.2 Å². The lowest BCUT2D eigenvalue weighted by Crippen LogP contribution is -2.36. The minimum Gasteiger partial charge on any atom is -0.493 e. The van der Waals surface area contributed by atoms with E-state index in [0.29, 0.717) is 48.7 Å². The molecule has 0 amide bonds. The van der Waals surface area contributed by atoms with Gasteiger partial charge in [-0.3, -0.25) is 14.8 Å². The number of aromatic amines is 3. The fourth-order valence-corrected chi connectivity index (χ4v) is 4.26. The Kier molecular flexibility index (Phi) is 5.91. The molecule has 0 atom stereocenters. The van der Waals surface area contributed by atoms with Gasteiger partial charge in [0.15, 0.2) is 0 Å². The fourth-order valence-electron chi connectivity index (χ4n) is 4.02. The zero-order valence-electron chi connectivity index (χ0n) is 18.6. The first-order valence-corrected chi connectivity index (χ1v) is 11.6. The number of aromatic hydroxyl groups is 1. The molecule has 4 aromatic rings. The number of fused-ring (bicyclic) bond motifs is 1. The van der Waals surface area contributed by atoms with Crippen molar-refractivity contribution in [2.24, 2.45) is 4.99 Å². The van der Waals surface area contributed by atoms with Crippen molar-refractivity contribution in [3.63, 3.8) is 0 Å². The minimum absolute atomic E-state index is 0.180. The molecule has 0 spiro atoms. The van der Waals surface area contributed by atoms with Crippen LogP contribution in [0, 0.1) is 6.92 Å². The van der Waals surface area contributed by atoms with Crippen LogP contribution >= 0.6 is 15.9 Å². The van der Waals surface area contributed by atoms with Crippen molar-refractivity contribution in [2.45, 2.75) is 6.92 Å². The summed E-state index contributed by atoms with van der Waals surface area (Å²) in [5.74, 6) is -0.534. The highest BCUT2D eigenvalue weighted by atomic mass is 79.9. The third-order valence-corrected chi connectivity index (χ3v) is 6.71. The summed E-state index contributed by atoms with van der Waals surface area (Å²) in [7, 11) is 0. The van der Waals surface area contributed by atoms with Crippen LogP contribution in [0.3, 0.4) is 0 Å². The SMILES string of the molecule is Cc1cc(-n2c(O)c(C=Nc3cc4[nH]c(=O)[nH]c4cc3N3CCOCC3)c(=O)[nH]c2=O)ccc1Br. The van der Waals surface area contributed by atoms with E-state index in [-0.39, 0.29) is 11.3 Å². The largest absolute Gasteiger partial charge is 0.493 e. The average molecular weight is 541 g/mol. The number of morpholine rings is 1. The summed E-state index contributed by atoms with van der Waals surface area (Å²) in [4.78, 5) is 51.1. The molecule has 0 radical (unpaired) electrons. The third kappa shape index (κ3) is 4.33. The van der Waals surface area contributed by atoms with Crippen molar-refractivity contribution in [1.82, 2.24) is 19.5 Å². The van der Waals surface area contributed by atoms with E-state index in [0.717, 1.165) is 20.3 Å². The summed E-state index contributed by atoms with van der Waals surface area (Å²) >= 11 is 3.41. The number of nitrogens with zero attached hydrogens (tertiary/aromatic N) is 3.